The van der Waals surface area contributed by atoms with E-state index in [1.54, 1.807) is 0 Å². The zero-order valence-corrected chi connectivity index (χ0v) is 15.2. The van der Waals surface area contributed by atoms with E-state index in [-0.39, 0.29) is 0 Å². The van der Waals surface area contributed by atoms with Gasteiger partial charge in [0, 0.05) is 0 Å². The molecule has 0 aromatic heterocycles. The minimum Gasteiger partial charge on any atom is -0.0610 e. The van der Waals surface area contributed by atoms with Crippen LogP contribution < -0.4 is 0 Å². The van der Waals surface area contributed by atoms with Crippen molar-refractivity contribution >= 4 is 64.6 Å². The highest BCUT2D eigenvalue weighted by molar-refractivity contribution is 6.27. The molecule has 0 unspecified atom stereocenters. The van der Waals surface area contributed by atoms with Gasteiger partial charge in [0.25, 0.3) is 0 Å². The first-order chi connectivity index (χ1) is 13.9. The van der Waals surface area contributed by atoms with Gasteiger partial charge in [0.1, 0.15) is 0 Å². The third-order valence-electron chi connectivity index (χ3n) is 6.30. The SMILES string of the molecule is c1cc2cccc3c4cc5cc6cccc7cccc(c5cc4cc(c1)c23)c76. The maximum atomic E-state index is 2.39. The summed E-state index contributed by atoms with van der Waals surface area (Å²) in [6.45, 7) is 0. The van der Waals surface area contributed by atoms with E-state index >= 15 is 0 Å². The van der Waals surface area contributed by atoms with Crippen molar-refractivity contribution in [2.45, 2.75) is 0 Å². The summed E-state index contributed by atoms with van der Waals surface area (Å²) in [5.74, 6) is 0. The Kier molecular flexibility index (Phi) is 2.57. The van der Waals surface area contributed by atoms with Crippen LogP contribution in [0.1, 0.15) is 0 Å². The first-order valence-corrected chi connectivity index (χ1v) is 9.79. The number of hydrogen-bond acceptors (Lipinski definition) is 0. The second kappa shape index (κ2) is 4.99. The minimum atomic E-state index is 1.31. The first kappa shape index (κ1) is 14.4. The molecular formula is C28H16. The van der Waals surface area contributed by atoms with E-state index in [4.69, 9.17) is 0 Å². The number of hydrogen-bond donors (Lipinski definition) is 0. The molecule has 0 radical (unpaired) electrons. The third kappa shape index (κ3) is 1.75. The molecule has 28 heavy (non-hydrogen) atoms. The molecule has 0 aliphatic rings. The number of benzene rings is 7. The maximum absolute atomic E-state index is 2.39. The fourth-order valence-corrected chi connectivity index (χ4v) is 5.10. The summed E-state index contributed by atoms with van der Waals surface area (Å²) in [6, 6.07) is 36.0. The van der Waals surface area contributed by atoms with Gasteiger partial charge in [-0.25, -0.2) is 0 Å². The van der Waals surface area contributed by atoms with E-state index in [9.17, 15) is 0 Å². The summed E-state index contributed by atoms with van der Waals surface area (Å²) < 4.78 is 0. The summed E-state index contributed by atoms with van der Waals surface area (Å²) in [4.78, 5) is 0. The van der Waals surface area contributed by atoms with Crippen molar-refractivity contribution < 1.29 is 0 Å². The summed E-state index contributed by atoms with van der Waals surface area (Å²) in [6.07, 6.45) is 0. The summed E-state index contributed by atoms with van der Waals surface area (Å²) >= 11 is 0. The van der Waals surface area contributed by atoms with Gasteiger partial charge in [0.15, 0.2) is 0 Å². The highest BCUT2D eigenvalue weighted by atomic mass is 14.1. The molecule has 0 saturated heterocycles. The van der Waals surface area contributed by atoms with E-state index in [2.05, 4.69) is 97.1 Å². The van der Waals surface area contributed by atoms with Crippen molar-refractivity contribution in [2.24, 2.45) is 0 Å². The van der Waals surface area contributed by atoms with E-state index in [1.165, 1.54) is 64.6 Å². The molecule has 0 amide bonds. The van der Waals surface area contributed by atoms with Gasteiger partial charge >= 0.3 is 0 Å². The van der Waals surface area contributed by atoms with Gasteiger partial charge in [-0.1, -0.05) is 72.8 Å². The molecule has 0 spiro atoms. The van der Waals surface area contributed by atoms with Crippen LogP contribution in [0, 0.1) is 0 Å². The van der Waals surface area contributed by atoms with Crippen LogP contribution in [0.4, 0.5) is 0 Å². The smallest absolute Gasteiger partial charge is 0.00324 e. The van der Waals surface area contributed by atoms with Crippen LogP contribution in [0.15, 0.2) is 97.1 Å². The van der Waals surface area contributed by atoms with Crippen molar-refractivity contribution in [1.82, 2.24) is 0 Å². The maximum Gasteiger partial charge on any atom is -0.00324 e. The van der Waals surface area contributed by atoms with Gasteiger partial charge in [-0.05, 0) is 88.9 Å². The van der Waals surface area contributed by atoms with Crippen molar-refractivity contribution in [3.8, 4) is 0 Å². The predicted octanol–water partition coefficient (Wildman–Crippen LogP) is 8.04. The molecule has 0 heterocycles. The average molecular weight is 352 g/mol. The van der Waals surface area contributed by atoms with Crippen molar-refractivity contribution in [3.05, 3.63) is 97.1 Å². The van der Waals surface area contributed by atoms with Crippen molar-refractivity contribution in [2.75, 3.05) is 0 Å². The fourth-order valence-electron chi connectivity index (χ4n) is 5.10. The topological polar surface area (TPSA) is 0 Å². The molecule has 0 N–H and O–H groups in total. The Morgan fingerprint density at radius 1 is 0.286 bits per heavy atom. The van der Waals surface area contributed by atoms with Crippen LogP contribution in [0.25, 0.3) is 64.6 Å². The Labute approximate surface area is 162 Å². The molecule has 7 rings (SSSR count). The Hall–Kier alpha value is -3.64. The summed E-state index contributed by atoms with van der Waals surface area (Å²) in [5, 5.41) is 16.0. The van der Waals surface area contributed by atoms with E-state index in [0.717, 1.165) is 0 Å². The molecule has 0 heteroatoms. The second-order valence-corrected chi connectivity index (χ2v) is 7.82. The van der Waals surface area contributed by atoms with Crippen LogP contribution in [0.3, 0.4) is 0 Å². The predicted molar refractivity (Wildman–Crippen MR) is 123 cm³/mol. The van der Waals surface area contributed by atoms with Gasteiger partial charge < -0.3 is 0 Å². The van der Waals surface area contributed by atoms with Gasteiger partial charge in [-0.3, -0.25) is 0 Å². The van der Waals surface area contributed by atoms with E-state index in [1.807, 2.05) is 0 Å². The average Bonchev–Trinajstić information content (AvgIpc) is 2.74. The Balaban J connectivity index is 1.77. The highest BCUT2D eigenvalue weighted by Gasteiger charge is 2.11. The van der Waals surface area contributed by atoms with Crippen LogP contribution in [0.5, 0.6) is 0 Å². The Bertz CT molecular complexity index is 1560. The quantitative estimate of drug-likeness (QED) is 0.191. The zero-order valence-electron chi connectivity index (χ0n) is 15.2. The van der Waals surface area contributed by atoms with Crippen LogP contribution in [-0.2, 0) is 0 Å². The lowest BCUT2D eigenvalue weighted by Gasteiger charge is -2.13. The van der Waals surface area contributed by atoms with Crippen LogP contribution >= 0.6 is 0 Å². The molecule has 0 saturated carbocycles. The minimum absolute atomic E-state index is 1.31. The molecule has 0 fully saturated rings. The lowest BCUT2D eigenvalue weighted by atomic mass is 9.90. The zero-order chi connectivity index (χ0) is 18.2. The van der Waals surface area contributed by atoms with E-state index in [0.29, 0.717) is 0 Å². The van der Waals surface area contributed by atoms with Crippen molar-refractivity contribution in [3.63, 3.8) is 0 Å². The molecule has 0 atom stereocenters. The van der Waals surface area contributed by atoms with Crippen LogP contribution in [0.2, 0.25) is 0 Å². The van der Waals surface area contributed by atoms with Crippen LogP contribution in [-0.4, -0.2) is 0 Å². The standard InChI is InChI=1S/C28H16/c1-5-17-7-3-11-23-25-16-22-14-20-10-2-6-18-8-4-12-24(28(18)20)26(22)15-21(25)13-19(9-1)27(17)23/h1-16H. The molecule has 128 valence electrons. The Morgan fingerprint density at radius 2 is 0.679 bits per heavy atom. The van der Waals surface area contributed by atoms with Gasteiger partial charge in [0.05, 0.1) is 0 Å². The molecular weight excluding hydrogens is 336 g/mol. The lowest BCUT2D eigenvalue weighted by Crippen LogP contribution is -1.86. The number of fused-ring (bicyclic) bond motifs is 4. The van der Waals surface area contributed by atoms with E-state index < -0.39 is 0 Å². The van der Waals surface area contributed by atoms with Gasteiger partial charge in [0.2, 0.25) is 0 Å². The molecule has 0 aliphatic heterocycles. The Morgan fingerprint density at radius 3 is 1.14 bits per heavy atom. The highest BCUT2D eigenvalue weighted by Crippen LogP contribution is 2.39. The summed E-state index contributed by atoms with van der Waals surface area (Å²) in [5.41, 5.74) is 0. The molecule has 7 aromatic rings. The van der Waals surface area contributed by atoms with Gasteiger partial charge in [-0.2, -0.15) is 0 Å². The van der Waals surface area contributed by atoms with Gasteiger partial charge in [-0.15, -0.1) is 0 Å². The number of rotatable bonds is 0. The second-order valence-electron chi connectivity index (χ2n) is 7.82. The largest absolute Gasteiger partial charge is 0.0610 e. The third-order valence-corrected chi connectivity index (χ3v) is 6.30. The molecule has 0 aliphatic carbocycles. The monoisotopic (exact) mass is 352 g/mol. The van der Waals surface area contributed by atoms with Crippen molar-refractivity contribution in [1.29, 1.82) is 0 Å². The fraction of sp³-hybridized carbons (Fsp3) is 0. The molecule has 0 nitrogen and oxygen atoms in total. The summed E-state index contributed by atoms with van der Waals surface area (Å²) in [7, 11) is 0. The molecule has 0 bridgehead atoms. The first-order valence-electron chi connectivity index (χ1n) is 9.79. The molecule has 7 aromatic carbocycles. The normalized spacial score (nSPS) is 12.3. The lowest BCUT2D eigenvalue weighted by molar-refractivity contribution is 1.79.